The van der Waals surface area contributed by atoms with E-state index in [0.29, 0.717) is 0 Å². The zero-order valence-corrected chi connectivity index (χ0v) is 14.1. The Morgan fingerprint density at radius 3 is 1.00 bits per heavy atom. The monoisotopic (exact) mass is 314 g/mol. The second-order valence-electron chi connectivity index (χ2n) is 2.63. The van der Waals surface area contributed by atoms with Crippen molar-refractivity contribution in [3.8, 4) is 0 Å². The largest absolute Gasteiger partial charge is 0.391 e. The van der Waals surface area contributed by atoms with Gasteiger partial charge in [-0.1, -0.05) is 6.92 Å². The molecule has 0 amide bonds. The molecule has 0 aliphatic heterocycles. The molecule has 0 aromatic heterocycles. The highest BCUT2D eigenvalue weighted by Gasteiger charge is 1.94. The SMILES string of the molecule is C[CH2][AlH2].OC(CCl)CCl.OC(CCl)CCl. The lowest BCUT2D eigenvalue weighted by Gasteiger charge is -1.94. The van der Waals surface area contributed by atoms with Crippen LogP contribution >= 0.6 is 46.4 Å². The minimum Gasteiger partial charge on any atom is -0.391 e. The molecule has 0 heterocycles. The summed E-state index contributed by atoms with van der Waals surface area (Å²) < 4.78 is 0. The van der Waals surface area contributed by atoms with Gasteiger partial charge in [-0.05, 0) is 0 Å². The number of alkyl halides is 4. The lowest BCUT2D eigenvalue weighted by atomic mass is 10.5. The van der Waals surface area contributed by atoms with E-state index >= 15 is 0 Å². The zero-order valence-electron chi connectivity index (χ0n) is 9.10. The number of rotatable bonds is 4. The van der Waals surface area contributed by atoms with Crippen molar-refractivity contribution in [1.82, 2.24) is 0 Å². The lowest BCUT2D eigenvalue weighted by molar-refractivity contribution is 0.222. The predicted molar refractivity (Wildman–Crippen MR) is 73.9 cm³/mol. The molecule has 0 atom stereocenters. The summed E-state index contributed by atoms with van der Waals surface area (Å²) >= 11 is 21.8. The molecule has 0 aliphatic carbocycles. The molecular formula is C8H19AlCl4O2. The van der Waals surface area contributed by atoms with Crippen molar-refractivity contribution in [3.63, 3.8) is 0 Å². The van der Waals surface area contributed by atoms with Crippen molar-refractivity contribution in [2.45, 2.75) is 24.4 Å². The summed E-state index contributed by atoms with van der Waals surface area (Å²) in [6.07, 6.45) is -1.07. The van der Waals surface area contributed by atoms with E-state index in [9.17, 15) is 0 Å². The van der Waals surface area contributed by atoms with Crippen LogP contribution in [0.5, 0.6) is 0 Å². The van der Waals surface area contributed by atoms with Crippen LogP contribution in [-0.2, 0) is 0 Å². The van der Waals surface area contributed by atoms with Crippen molar-refractivity contribution < 1.29 is 10.2 Å². The van der Waals surface area contributed by atoms with Gasteiger partial charge in [-0.3, -0.25) is 0 Å². The number of aliphatic hydroxyl groups is 2. The third-order valence-corrected chi connectivity index (χ3v) is 2.14. The highest BCUT2D eigenvalue weighted by Crippen LogP contribution is 1.88. The van der Waals surface area contributed by atoms with Crippen LogP contribution in [0.4, 0.5) is 0 Å². The molecule has 0 radical (unpaired) electrons. The van der Waals surface area contributed by atoms with E-state index in [1.165, 1.54) is 21.6 Å². The first-order valence-corrected chi connectivity index (χ1v) is 8.18. The summed E-state index contributed by atoms with van der Waals surface area (Å²) in [7, 11) is 0. The van der Waals surface area contributed by atoms with E-state index in [-0.39, 0.29) is 23.5 Å². The number of hydrogen-bond donors (Lipinski definition) is 2. The molecule has 7 heteroatoms. The van der Waals surface area contributed by atoms with Crippen LogP contribution in [0.2, 0.25) is 5.28 Å². The summed E-state index contributed by atoms with van der Waals surface area (Å²) in [4.78, 5) is 0. The van der Waals surface area contributed by atoms with Crippen molar-refractivity contribution in [1.29, 1.82) is 0 Å². The quantitative estimate of drug-likeness (QED) is 0.612. The van der Waals surface area contributed by atoms with Gasteiger partial charge in [-0.2, -0.15) is 0 Å². The van der Waals surface area contributed by atoms with Gasteiger partial charge in [0.25, 0.3) is 0 Å². The van der Waals surface area contributed by atoms with Gasteiger partial charge in [-0.25, -0.2) is 0 Å². The molecule has 0 unspecified atom stereocenters. The molecule has 2 nitrogen and oxygen atoms in total. The molecule has 0 saturated carbocycles. The first-order valence-electron chi connectivity index (χ1n) is 4.63. The summed E-state index contributed by atoms with van der Waals surface area (Å²) in [5, 5.41) is 18.2. The van der Waals surface area contributed by atoms with E-state index in [1.54, 1.807) is 0 Å². The van der Waals surface area contributed by atoms with E-state index in [1.807, 2.05) is 0 Å². The Balaban J connectivity index is -0.000000153. The molecule has 0 aliphatic rings. The molecular weight excluding hydrogens is 297 g/mol. The van der Waals surface area contributed by atoms with Gasteiger partial charge >= 0.3 is 0 Å². The molecule has 0 fully saturated rings. The average Bonchev–Trinajstić information content (AvgIpc) is 2.28. The van der Waals surface area contributed by atoms with Crippen LogP contribution in [-0.4, -0.2) is 62.2 Å². The normalized spacial score (nSPS) is 9.13. The highest BCUT2D eigenvalue weighted by molar-refractivity contribution is 6.21. The Morgan fingerprint density at radius 1 is 0.867 bits per heavy atom. The van der Waals surface area contributed by atoms with Crippen LogP contribution < -0.4 is 0 Å². The Bertz CT molecular complexity index is 82.7. The van der Waals surface area contributed by atoms with Crippen LogP contribution in [0.1, 0.15) is 6.92 Å². The van der Waals surface area contributed by atoms with E-state index in [4.69, 9.17) is 56.6 Å². The summed E-state index contributed by atoms with van der Waals surface area (Å²) in [5.41, 5.74) is 0. The smallest absolute Gasteiger partial charge is 0.211 e. The molecule has 0 aromatic carbocycles. The van der Waals surface area contributed by atoms with Gasteiger partial charge < -0.3 is 10.2 Å². The van der Waals surface area contributed by atoms with Crippen LogP contribution in [0, 0.1) is 0 Å². The van der Waals surface area contributed by atoms with Gasteiger partial charge in [0.05, 0.1) is 12.2 Å². The van der Waals surface area contributed by atoms with E-state index < -0.39 is 12.2 Å². The Labute approximate surface area is 120 Å². The fourth-order valence-corrected chi connectivity index (χ4v) is 0.742. The fourth-order valence-electron chi connectivity index (χ4n) is 0.0825. The van der Waals surface area contributed by atoms with E-state index in [0.717, 1.165) is 0 Å². The second kappa shape index (κ2) is 21.0. The summed E-state index contributed by atoms with van der Waals surface area (Å²) in [6, 6.07) is 0. The summed E-state index contributed by atoms with van der Waals surface area (Å²) in [5.74, 6) is 0.903. The van der Waals surface area contributed by atoms with E-state index in [2.05, 4.69) is 6.92 Å². The van der Waals surface area contributed by atoms with Gasteiger partial charge in [0, 0.05) is 23.5 Å². The molecule has 0 rings (SSSR count). The van der Waals surface area contributed by atoms with Gasteiger partial charge in [-0.15, -0.1) is 51.7 Å². The maximum Gasteiger partial charge on any atom is 0.211 e. The zero-order chi connectivity index (χ0) is 12.7. The molecule has 15 heavy (non-hydrogen) atoms. The highest BCUT2D eigenvalue weighted by atomic mass is 35.5. The van der Waals surface area contributed by atoms with Crippen LogP contribution in [0.25, 0.3) is 0 Å². The van der Waals surface area contributed by atoms with Crippen molar-refractivity contribution >= 4 is 62.7 Å². The lowest BCUT2D eigenvalue weighted by Crippen LogP contribution is -2.08. The fraction of sp³-hybridized carbons (Fsp3) is 1.00. The topological polar surface area (TPSA) is 40.5 Å². The third kappa shape index (κ3) is 31.3. The molecule has 2 N–H and O–H groups in total. The number of aliphatic hydroxyl groups excluding tert-OH is 2. The van der Waals surface area contributed by atoms with Crippen LogP contribution in [0.15, 0.2) is 0 Å². The van der Waals surface area contributed by atoms with Crippen LogP contribution in [0.3, 0.4) is 0 Å². The van der Waals surface area contributed by atoms with Gasteiger partial charge in [0.2, 0.25) is 16.3 Å². The van der Waals surface area contributed by atoms with Crippen molar-refractivity contribution in [2.24, 2.45) is 0 Å². The molecule has 94 valence electrons. The Hall–Kier alpha value is 1.61. The van der Waals surface area contributed by atoms with Crippen molar-refractivity contribution in [2.75, 3.05) is 23.5 Å². The predicted octanol–water partition coefficient (Wildman–Crippen LogP) is 1.71. The maximum atomic E-state index is 8.40. The number of hydrogen-bond acceptors (Lipinski definition) is 2. The standard InChI is InChI=1S/2C3H6Cl2O.C2H5.Al.2H/c2*4-1-3(6)2-5;1-2;;;/h2*3,6H,1-2H2;1H2,2H3;;;. The maximum absolute atomic E-state index is 8.40. The number of halogens is 4. The molecule has 0 saturated heterocycles. The Kier molecular flexibility index (Phi) is 30.5. The first kappa shape index (κ1) is 21.9. The van der Waals surface area contributed by atoms with Gasteiger partial charge in [0.15, 0.2) is 0 Å². The molecule has 0 spiro atoms. The summed E-state index contributed by atoms with van der Waals surface area (Å²) in [6.45, 7) is 2.19. The first-order chi connectivity index (χ1) is 7.03. The minimum atomic E-state index is -0.534. The Morgan fingerprint density at radius 2 is 1.00 bits per heavy atom. The van der Waals surface area contributed by atoms with Gasteiger partial charge in [0.1, 0.15) is 0 Å². The van der Waals surface area contributed by atoms with Crippen molar-refractivity contribution in [3.05, 3.63) is 0 Å². The second-order valence-corrected chi connectivity index (χ2v) is 5.28. The third-order valence-electron chi connectivity index (χ3n) is 0.712. The molecule has 0 bridgehead atoms. The minimum absolute atomic E-state index is 0.226. The molecule has 0 aromatic rings. The average molecular weight is 316 g/mol.